The fourth-order valence-corrected chi connectivity index (χ4v) is 3.06. The summed E-state index contributed by atoms with van der Waals surface area (Å²) in [5.41, 5.74) is 9.93. The second kappa shape index (κ2) is 7.63. The third-order valence-electron chi connectivity index (χ3n) is 4.45. The number of fused-ring (bicyclic) bond motifs is 1. The summed E-state index contributed by atoms with van der Waals surface area (Å²) in [5.74, 6) is 6.77. The Labute approximate surface area is 162 Å². The highest BCUT2D eigenvalue weighted by Gasteiger charge is 2.13. The molecule has 0 radical (unpaired) electrons. The van der Waals surface area contributed by atoms with Crippen LogP contribution in [0, 0.1) is 0 Å². The van der Waals surface area contributed by atoms with Gasteiger partial charge in [0.05, 0.1) is 36.4 Å². The number of nitrogen functional groups attached to an aromatic ring is 1. The molecule has 0 amide bonds. The van der Waals surface area contributed by atoms with Gasteiger partial charge in [-0.05, 0) is 35.9 Å². The maximum absolute atomic E-state index is 9.05. The summed E-state index contributed by atoms with van der Waals surface area (Å²) in [4.78, 5) is 13.3. The zero-order valence-electron chi connectivity index (χ0n) is 15.2. The Morgan fingerprint density at radius 1 is 1.07 bits per heavy atom. The number of hydrogen-bond acceptors (Lipinski definition) is 7. The molecule has 1 aromatic carbocycles. The van der Waals surface area contributed by atoms with E-state index in [4.69, 9.17) is 16.7 Å². The molecule has 8 nitrogen and oxygen atoms in total. The topological polar surface area (TPSA) is 119 Å². The Hall–Kier alpha value is -3.49. The maximum atomic E-state index is 9.05. The van der Waals surface area contributed by atoms with Crippen molar-refractivity contribution in [2.24, 2.45) is 5.84 Å². The fraction of sp³-hybridized carbons (Fsp3) is 0.150. The average molecular weight is 375 g/mol. The number of aromatic nitrogens is 4. The van der Waals surface area contributed by atoms with E-state index in [1.54, 1.807) is 29.2 Å². The van der Waals surface area contributed by atoms with Crippen LogP contribution in [0.1, 0.15) is 5.56 Å². The van der Waals surface area contributed by atoms with Gasteiger partial charge in [-0.25, -0.2) is 15.8 Å². The molecule has 28 heavy (non-hydrogen) atoms. The van der Waals surface area contributed by atoms with E-state index in [0.717, 1.165) is 16.5 Å². The molecule has 8 heteroatoms. The van der Waals surface area contributed by atoms with Gasteiger partial charge in [0.15, 0.2) is 5.82 Å². The number of hydrogen-bond donors (Lipinski definition) is 3. The summed E-state index contributed by atoms with van der Waals surface area (Å²) in [6.07, 6.45) is 5.26. The van der Waals surface area contributed by atoms with Crippen LogP contribution in [-0.4, -0.2) is 31.2 Å². The van der Waals surface area contributed by atoms with Gasteiger partial charge < -0.3 is 15.4 Å². The minimum atomic E-state index is 0.0497. The van der Waals surface area contributed by atoms with Crippen LogP contribution in [0.4, 0.5) is 11.5 Å². The molecule has 4 aromatic rings. The number of nitrogens with two attached hydrogens (primary N) is 2. The van der Waals surface area contributed by atoms with E-state index in [2.05, 4.69) is 21.0 Å². The summed E-state index contributed by atoms with van der Waals surface area (Å²) in [6.45, 7) is 0.979. The number of nitrogens with zero attached hydrogens (tertiary/aromatic N) is 5. The van der Waals surface area contributed by atoms with Crippen LogP contribution < -0.4 is 16.6 Å². The molecule has 4 rings (SSSR count). The van der Waals surface area contributed by atoms with Gasteiger partial charge in [-0.1, -0.05) is 12.1 Å². The average Bonchev–Trinajstić information content (AvgIpc) is 3.17. The lowest BCUT2D eigenvalue weighted by atomic mass is 10.1. The van der Waals surface area contributed by atoms with Crippen molar-refractivity contribution < 1.29 is 5.11 Å². The highest BCUT2D eigenvalue weighted by atomic mass is 16.3. The highest BCUT2D eigenvalue weighted by molar-refractivity contribution is 5.79. The predicted octanol–water partition coefficient (Wildman–Crippen LogP) is 1.95. The molecule has 0 bridgehead atoms. The molecule has 0 fully saturated rings. The van der Waals surface area contributed by atoms with Gasteiger partial charge in [0.1, 0.15) is 5.69 Å². The van der Waals surface area contributed by atoms with Gasteiger partial charge >= 0.3 is 0 Å². The molecular formula is C20H21N7O. The van der Waals surface area contributed by atoms with Crippen LogP contribution in [0.3, 0.4) is 0 Å². The Morgan fingerprint density at radius 3 is 2.82 bits per heavy atom. The SMILES string of the molecule is Nc1ccc(-c2cn(CCO)cn2)nc1N(N)Cc1ccc2ncccc2c1. The second-order valence-electron chi connectivity index (χ2n) is 6.49. The quantitative estimate of drug-likeness (QED) is 0.348. The standard InChI is InChI=1S/C20H21N7O/c21-16-4-6-18(19-12-26(8-9-28)13-24-19)25-20(16)27(22)11-14-3-5-17-15(10-14)2-1-7-23-17/h1-7,10,12-13,28H,8-9,11,21-22H2. The second-order valence-corrected chi connectivity index (χ2v) is 6.49. The van der Waals surface area contributed by atoms with Gasteiger partial charge in [-0.15, -0.1) is 0 Å². The van der Waals surface area contributed by atoms with E-state index < -0.39 is 0 Å². The first-order valence-electron chi connectivity index (χ1n) is 8.89. The summed E-state index contributed by atoms with van der Waals surface area (Å²) >= 11 is 0. The maximum Gasteiger partial charge on any atom is 0.166 e. The molecule has 3 aromatic heterocycles. The van der Waals surface area contributed by atoms with Gasteiger partial charge in [0.2, 0.25) is 0 Å². The van der Waals surface area contributed by atoms with E-state index >= 15 is 0 Å². The monoisotopic (exact) mass is 375 g/mol. The van der Waals surface area contributed by atoms with Crippen molar-refractivity contribution in [3.8, 4) is 11.4 Å². The molecule has 0 aliphatic heterocycles. The van der Waals surface area contributed by atoms with Crippen LogP contribution in [0.15, 0.2) is 61.2 Å². The molecule has 0 atom stereocenters. The van der Waals surface area contributed by atoms with Crippen molar-refractivity contribution in [2.45, 2.75) is 13.1 Å². The minimum Gasteiger partial charge on any atom is -0.396 e. The van der Waals surface area contributed by atoms with E-state index in [9.17, 15) is 0 Å². The van der Waals surface area contributed by atoms with Crippen LogP contribution in [0.2, 0.25) is 0 Å². The van der Waals surface area contributed by atoms with Crippen molar-refractivity contribution in [1.29, 1.82) is 0 Å². The van der Waals surface area contributed by atoms with Crippen LogP contribution >= 0.6 is 0 Å². The van der Waals surface area contributed by atoms with Crippen molar-refractivity contribution in [2.75, 3.05) is 17.3 Å². The third-order valence-corrected chi connectivity index (χ3v) is 4.45. The van der Waals surface area contributed by atoms with Crippen LogP contribution in [-0.2, 0) is 13.1 Å². The molecule has 142 valence electrons. The number of anilines is 2. The lowest BCUT2D eigenvalue weighted by Crippen LogP contribution is -2.31. The van der Waals surface area contributed by atoms with Crippen LogP contribution in [0.5, 0.6) is 0 Å². The fourth-order valence-electron chi connectivity index (χ4n) is 3.06. The van der Waals surface area contributed by atoms with Gasteiger partial charge in [0.25, 0.3) is 0 Å². The number of imidazole rings is 1. The number of rotatable bonds is 6. The summed E-state index contributed by atoms with van der Waals surface area (Å²) in [5, 5.41) is 11.6. The van der Waals surface area contributed by atoms with Crippen molar-refractivity contribution >= 4 is 22.4 Å². The third kappa shape index (κ3) is 3.64. The number of pyridine rings is 2. The first-order valence-corrected chi connectivity index (χ1v) is 8.89. The molecule has 0 unspecified atom stereocenters. The van der Waals surface area contributed by atoms with E-state index in [-0.39, 0.29) is 6.61 Å². The first-order chi connectivity index (χ1) is 13.6. The zero-order valence-corrected chi connectivity index (χ0v) is 15.2. The Morgan fingerprint density at radius 2 is 1.96 bits per heavy atom. The Kier molecular flexibility index (Phi) is 4.88. The zero-order chi connectivity index (χ0) is 19.5. The van der Waals surface area contributed by atoms with Crippen molar-refractivity contribution in [3.63, 3.8) is 0 Å². The Balaban J connectivity index is 1.59. The molecule has 5 N–H and O–H groups in total. The molecule has 0 aliphatic rings. The smallest absolute Gasteiger partial charge is 0.166 e. The molecule has 0 saturated heterocycles. The van der Waals surface area contributed by atoms with Crippen molar-refractivity contribution in [1.82, 2.24) is 19.5 Å². The van der Waals surface area contributed by atoms with E-state index in [1.807, 2.05) is 30.5 Å². The van der Waals surface area contributed by atoms with E-state index in [1.165, 1.54) is 5.01 Å². The van der Waals surface area contributed by atoms with Gasteiger partial charge in [-0.3, -0.25) is 9.99 Å². The molecule has 0 aliphatic carbocycles. The molecule has 0 saturated carbocycles. The number of aliphatic hydroxyl groups excluding tert-OH is 1. The first kappa shape index (κ1) is 17.9. The summed E-state index contributed by atoms with van der Waals surface area (Å²) < 4.78 is 1.80. The summed E-state index contributed by atoms with van der Waals surface area (Å²) in [6, 6.07) is 13.5. The molecule has 3 heterocycles. The number of hydrazine groups is 1. The Bertz CT molecular complexity index is 1110. The molecular weight excluding hydrogens is 354 g/mol. The normalized spacial score (nSPS) is 11.1. The minimum absolute atomic E-state index is 0.0497. The van der Waals surface area contributed by atoms with Crippen molar-refractivity contribution in [3.05, 3.63) is 66.7 Å². The van der Waals surface area contributed by atoms with Crippen LogP contribution in [0.25, 0.3) is 22.3 Å². The predicted molar refractivity (Wildman–Crippen MR) is 109 cm³/mol. The lowest BCUT2D eigenvalue weighted by molar-refractivity contribution is 0.276. The summed E-state index contributed by atoms with van der Waals surface area (Å²) in [7, 11) is 0. The molecule has 0 spiro atoms. The van der Waals surface area contributed by atoms with Gasteiger partial charge in [0, 0.05) is 24.3 Å². The van der Waals surface area contributed by atoms with E-state index in [0.29, 0.717) is 36.0 Å². The largest absolute Gasteiger partial charge is 0.396 e. The highest BCUT2D eigenvalue weighted by Crippen LogP contribution is 2.25. The number of benzene rings is 1. The van der Waals surface area contributed by atoms with Gasteiger partial charge in [-0.2, -0.15) is 0 Å². The lowest BCUT2D eigenvalue weighted by Gasteiger charge is -2.20. The number of aliphatic hydroxyl groups is 1.